The van der Waals surface area contributed by atoms with Crippen molar-refractivity contribution in [2.24, 2.45) is 0 Å². The number of esters is 1. The first-order valence-corrected chi connectivity index (χ1v) is 2.28. The molecule has 0 aliphatic heterocycles. The summed E-state index contributed by atoms with van der Waals surface area (Å²) >= 11 is 0. The number of hydrogen-bond acceptors (Lipinski definition) is 2. The number of rotatable bonds is 3. The number of ether oxygens (including phenoxy) is 1. The molecule has 52 valence electrons. The third kappa shape index (κ3) is 4.93. The zero-order valence-corrected chi connectivity index (χ0v) is 4.64. The second-order valence-electron chi connectivity index (χ2n) is 1.18. The fraction of sp³-hybridized carbons (Fsp3) is 0.400. The summed E-state index contributed by atoms with van der Waals surface area (Å²) in [5, 5.41) is 0. The maximum Gasteiger partial charge on any atom is 0.337 e. The van der Waals surface area contributed by atoms with Crippen molar-refractivity contribution in [3.8, 4) is 0 Å². The lowest BCUT2D eigenvalue weighted by Crippen LogP contribution is -2.05. The zero-order chi connectivity index (χ0) is 7.11. The van der Waals surface area contributed by atoms with Crippen molar-refractivity contribution >= 4 is 5.97 Å². The maximum absolute atomic E-state index is 11.2. The summed E-state index contributed by atoms with van der Waals surface area (Å²) in [4.78, 5) is 9.93. The fourth-order valence-corrected chi connectivity index (χ4v) is 0.216. The minimum absolute atomic E-state index is 0.209. The highest BCUT2D eigenvalue weighted by Crippen LogP contribution is 1.81. The topological polar surface area (TPSA) is 26.3 Å². The Bertz CT molecular complexity index is 112. The van der Waals surface area contributed by atoms with E-state index in [1.165, 1.54) is 0 Å². The molecule has 0 rings (SSSR count). The monoisotopic (exact) mass is 136 g/mol. The van der Waals surface area contributed by atoms with Crippen LogP contribution in [0.2, 0.25) is 0 Å². The van der Waals surface area contributed by atoms with Crippen LogP contribution in [0.15, 0.2) is 12.4 Å². The minimum Gasteiger partial charge on any atom is -0.459 e. The molecule has 0 spiro atoms. The van der Waals surface area contributed by atoms with E-state index >= 15 is 0 Å². The third-order valence-corrected chi connectivity index (χ3v) is 0.539. The molecule has 0 N–H and O–H groups in total. The Morgan fingerprint density at radius 3 is 2.78 bits per heavy atom. The molecule has 0 unspecified atom stereocenters. The van der Waals surface area contributed by atoms with Gasteiger partial charge in [-0.1, -0.05) is 0 Å². The first kappa shape index (κ1) is 8.07. The lowest BCUT2D eigenvalue weighted by atomic mass is 10.7. The Labute approximate surface area is 51.1 Å². The Balaban J connectivity index is 3.17. The van der Waals surface area contributed by atoms with E-state index in [2.05, 4.69) is 4.74 Å². The lowest BCUT2D eigenvalue weighted by Gasteiger charge is -1.93. The van der Waals surface area contributed by atoms with Crippen LogP contribution in [-0.4, -0.2) is 19.3 Å². The smallest absolute Gasteiger partial charge is 0.337 e. The van der Waals surface area contributed by atoms with Crippen LogP contribution in [-0.2, 0) is 9.53 Å². The molecule has 0 bridgehead atoms. The molecule has 0 aliphatic carbocycles. The average molecular weight is 136 g/mol. The Kier molecular flexibility index (Phi) is 4.67. The van der Waals surface area contributed by atoms with Crippen LogP contribution in [0.1, 0.15) is 0 Å². The molecule has 4 heteroatoms. The number of carbonyl (C=O) groups is 1. The molecule has 0 saturated heterocycles. The van der Waals surface area contributed by atoms with Gasteiger partial charge in [-0.05, 0) is 6.08 Å². The standard InChI is InChI=1S/C5H6F2O2/c6-2-1-3-9-5(8)4-7/h1-2H,3-4H2/b2-1-. The maximum atomic E-state index is 11.2. The Morgan fingerprint density at radius 1 is 1.67 bits per heavy atom. The van der Waals surface area contributed by atoms with Crippen molar-refractivity contribution in [3.05, 3.63) is 12.4 Å². The molecule has 0 amide bonds. The molecule has 0 aromatic heterocycles. The fourth-order valence-electron chi connectivity index (χ4n) is 0.216. The molecule has 0 heterocycles. The molecule has 0 atom stereocenters. The third-order valence-electron chi connectivity index (χ3n) is 0.539. The Hall–Kier alpha value is -0.930. The summed E-state index contributed by atoms with van der Waals surface area (Å²) in [7, 11) is 0. The number of carbonyl (C=O) groups excluding carboxylic acids is 1. The van der Waals surface area contributed by atoms with Crippen LogP contribution >= 0.6 is 0 Å². The van der Waals surface area contributed by atoms with Gasteiger partial charge in [0.25, 0.3) is 0 Å². The average Bonchev–Trinajstić information content (AvgIpc) is 1.89. The number of hydrogen-bond donors (Lipinski definition) is 0. The summed E-state index contributed by atoms with van der Waals surface area (Å²) < 4.78 is 26.4. The van der Waals surface area contributed by atoms with Crippen molar-refractivity contribution in [2.75, 3.05) is 13.3 Å². The van der Waals surface area contributed by atoms with E-state index in [-0.39, 0.29) is 12.9 Å². The molecular weight excluding hydrogens is 130 g/mol. The van der Waals surface area contributed by atoms with Crippen molar-refractivity contribution in [3.63, 3.8) is 0 Å². The molecule has 0 saturated carbocycles. The van der Waals surface area contributed by atoms with Crippen LogP contribution < -0.4 is 0 Å². The highest BCUT2D eigenvalue weighted by molar-refractivity contribution is 5.70. The van der Waals surface area contributed by atoms with E-state index in [4.69, 9.17) is 0 Å². The second kappa shape index (κ2) is 5.21. The SMILES string of the molecule is O=C(CF)OC/C=C\F. The zero-order valence-electron chi connectivity index (χ0n) is 4.64. The van der Waals surface area contributed by atoms with Gasteiger partial charge in [-0.15, -0.1) is 0 Å². The molecule has 0 aromatic carbocycles. The molecule has 0 fully saturated rings. The van der Waals surface area contributed by atoms with Gasteiger partial charge in [-0.3, -0.25) is 0 Å². The molecule has 0 aliphatic rings. The van der Waals surface area contributed by atoms with Gasteiger partial charge >= 0.3 is 5.97 Å². The van der Waals surface area contributed by atoms with E-state index in [0.29, 0.717) is 0 Å². The van der Waals surface area contributed by atoms with Crippen LogP contribution in [0.5, 0.6) is 0 Å². The quantitative estimate of drug-likeness (QED) is 0.540. The summed E-state index contributed by atoms with van der Waals surface area (Å²) in [5.74, 6) is -0.979. The Morgan fingerprint density at radius 2 is 2.33 bits per heavy atom. The van der Waals surface area contributed by atoms with Gasteiger partial charge in [0.05, 0.1) is 6.33 Å². The first-order chi connectivity index (χ1) is 4.31. The van der Waals surface area contributed by atoms with Crippen molar-refractivity contribution in [2.45, 2.75) is 0 Å². The summed E-state index contributed by atoms with van der Waals surface area (Å²) in [6, 6.07) is 0. The lowest BCUT2D eigenvalue weighted by molar-refractivity contribution is -0.143. The van der Waals surface area contributed by atoms with Gasteiger partial charge in [0.1, 0.15) is 6.61 Å². The van der Waals surface area contributed by atoms with Crippen molar-refractivity contribution < 1.29 is 18.3 Å². The molecule has 2 nitrogen and oxygen atoms in total. The van der Waals surface area contributed by atoms with Crippen LogP contribution in [0.25, 0.3) is 0 Å². The van der Waals surface area contributed by atoms with Crippen LogP contribution in [0.3, 0.4) is 0 Å². The van der Waals surface area contributed by atoms with Crippen molar-refractivity contribution in [1.82, 2.24) is 0 Å². The van der Waals surface area contributed by atoms with E-state index in [0.717, 1.165) is 6.08 Å². The van der Waals surface area contributed by atoms with E-state index in [1.807, 2.05) is 0 Å². The van der Waals surface area contributed by atoms with Gasteiger partial charge in [0.15, 0.2) is 6.67 Å². The molecular formula is C5H6F2O2. The summed E-state index contributed by atoms with van der Waals surface area (Å²) in [5.41, 5.74) is 0. The number of halogens is 2. The molecule has 0 aromatic rings. The number of alkyl halides is 1. The van der Waals surface area contributed by atoms with Gasteiger partial charge in [0, 0.05) is 0 Å². The van der Waals surface area contributed by atoms with Gasteiger partial charge < -0.3 is 4.74 Å². The summed E-state index contributed by atoms with van der Waals surface area (Å²) in [6.07, 6.45) is 1.19. The summed E-state index contributed by atoms with van der Waals surface area (Å²) in [6.45, 7) is -1.38. The minimum atomic E-state index is -1.17. The predicted octanol–water partition coefficient (Wildman–Crippen LogP) is 0.982. The largest absolute Gasteiger partial charge is 0.459 e. The highest BCUT2D eigenvalue weighted by Gasteiger charge is 1.96. The second-order valence-corrected chi connectivity index (χ2v) is 1.18. The highest BCUT2D eigenvalue weighted by atomic mass is 19.1. The van der Waals surface area contributed by atoms with Gasteiger partial charge in [-0.2, -0.15) is 0 Å². The van der Waals surface area contributed by atoms with Crippen LogP contribution in [0.4, 0.5) is 8.78 Å². The van der Waals surface area contributed by atoms with E-state index < -0.39 is 12.6 Å². The molecule has 9 heavy (non-hydrogen) atoms. The van der Waals surface area contributed by atoms with Gasteiger partial charge in [-0.25, -0.2) is 13.6 Å². The predicted molar refractivity (Wildman–Crippen MR) is 27.2 cm³/mol. The van der Waals surface area contributed by atoms with Crippen LogP contribution in [0, 0.1) is 0 Å². The van der Waals surface area contributed by atoms with Gasteiger partial charge in [0.2, 0.25) is 0 Å². The van der Waals surface area contributed by atoms with E-state index in [9.17, 15) is 13.6 Å². The molecule has 0 radical (unpaired) electrons. The first-order valence-electron chi connectivity index (χ1n) is 2.28. The normalized spacial score (nSPS) is 10.0. The van der Waals surface area contributed by atoms with E-state index in [1.54, 1.807) is 0 Å². The van der Waals surface area contributed by atoms with Crippen molar-refractivity contribution in [1.29, 1.82) is 0 Å².